The number of sulfonamides is 1. The molecule has 0 aliphatic rings. The highest BCUT2D eigenvalue weighted by Crippen LogP contribution is 2.30. The molecule has 0 saturated heterocycles. The van der Waals surface area contributed by atoms with Crippen LogP contribution in [0.25, 0.3) is 0 Å². The van der Waals surface area contributed by atoms with Gasteiger partial charge >= 0.3 is 0 Å². The van der Waals surface area contributed by atoms with E-state index in [0.717, 1.165) is 5.56 Å². The third kappa shape index (κ3) is 3.37. The number of nitrogens with two attached hydrogens (primary N) is 1. The second kappa shape index (κ2) is 5.79. The Morgan fingerprint density at radius 2 is 2.05 bits per heavy atom. The summed E-state index contributed by atoms with van der Waals surface area (Å²) < 4.78 is 32.4. The van der Waals surface area contributed by atoms with Crippen LogP contribution >= 0.6 is 11.6 Å². The SMILES string of the molecule is COc1cc(C)c(N)cc1S(=O)(=O)Nc1ccnc(Cl)c1. The molecular weight excluding hydrogens is 314 g/mol. The number of nitrogen functional groups attached to an aromatic ring is 1. The Kier molecular flexibility index (Phi) is 4.24. The zero-order valence-corrected chi connectivity index (χ0v) is 13.0. The van der Waals surface area contributed by atoms with Crippen molar-refractivity contribution < 1.29 is 13.2 Å². The van der Waals surface area contributed by atoms with Crippen LogP contribution in [-0.2, 0) is 10.0 Å². The van der Waals surface area contributed by atoms with Gasteiger partial charge in [0.15, 0.2) is 0 Å². The fourth-order valence-corrected chi connectivity index (χ4v) is 3.13. The fraction of sp³-hybridized carbons (Fsp3) is 0.154. The molecule has 0 atom stereocenters. The van der Waals surface area contributed by atoms with E-state index in [9.17, 15) is 8.42 Å². The van der Waals surface area contributed by atoms with E-state index in [2.05, 4.69) is 9.71 Å². The van der Waals surface area contributed by atoms with Crippen molar-refractivity contribution in [2.45, 2.75) is 11.8 Å². The Bertz CT molecular complexity index is 778. The highest BCUT2D eigenvalue weighted by atomic mass is 35.5. The van der Waals surface area contributed by atoms with Gasteiger partial charge in [-0.05, 0) is 36.8 Å². The van der Waals surface area contributed by atoms with E-state index in [0.29, 0.717) is 11.4 Å². The quantitative estimate of drug-likeness (QED) is 0.664. The largest absolute Gasteiger partial charge is 0.495 e. The molecule has 0 aliphatic carbocycles. The molecule has 0 saturated carbocycles. The van der Waals surface area contributed by atoms with Crippen molar-refractivity contribution >= 4 is 33.0 Å². The first-order chi connectivity index (χ1) is 9.83. The monoisotopic (exact) mass is 327 g/mol. The summed E-state index contributed by atoms with van der Waals surface area (Å²) in [5.74, 6) is 0.217. The minimum absolute atomic E-state index is 0.0407. The summed E-state index contributed by atoms with van der Waals surface area (Å²) in [6, 6.07) is 5.83. The Balaban J connectivity index is 2.47. The van der Waals surface area contributed by atoms with Gasteiger partial charge in [-0.2, -0.15) is 0 Å². The summed E-state index contributed by atoms with van der Waals surface area (Å²) >= 11 is 5.73. The number of pyridine rings is 1. The van der Waals surface area contributed by atoms with E-state index < -0.39 is 10.0 Å². The average Bonchev–Trinajstić information content (AvgIpc) is 2.40. The second-order valence-electron chi connectivity index (χ2n) is 4.33. The number of aryl methyl sites for hydroxylation is 1. The number of rotatable bonds is 4. The van der Waals surface area contributed by atoms with E-state index in [1.807, 2.05) is 0 Å². The third-order valence-electron chi connectivity index (χ3n) is 2.82. The number of halogens is 1. The van der Waals surface area contributed by atoms with Gasteiger partial charge in [-0.1, -0.05) is 11.6 Å². The number of nitrogens with zero attached hydrogens (tertiary/aromatic N) is 1. The number of methoxy groups -OCH3 is 1. The molecule has 0 radical (unpaired) electrons. The van der Waals surface area contributed by atoms with E-state index in [-0.39, 0.29) is 15.8 Å². The van der Waals surface area contributed by atoms with Crippen molar-refractivity contribution in [2.24, 2.45) is 0 Å². The number of nitrogens with one attached hydrogen (secondary N) is 1. The second-order valence-corrected chi connectivity index (χ2v) is 6.37. The average molecular weight is 328 g/mol. The molecule has 3 N–H and O–H groups in total. The van der Waals surface area contributed by atoms with Crippen molar-refractivity contribution in [3.8, 4) is 5.75 Å². The minimum Gasteiger partial charge on any atom is -0.495 e. The lowest BCUT2D eigenvalue weighted by atomic mass is 10.2. The summed E-state index contributed by atoms with van der Waals surface area (Å²) in [7, 11) is -2.46. The molecule has 0 amide bonds. The van der Waals surface area contributed by atoms with Crippen molar-refractivity contribution in [1.82, 2.24) is 4.98 Å². The molecule has 0 fully saturated rings. The predicted molar refractivity (Wildman–Crippen MR) is 82.2 cm³/mol. The lowest BCUT2D eigenvalue weighted by Gasteiger charge is -2.13. The number of ether oxygens (including phenoxy) is 1. The molecule has 21 heavy (non-hydrogen) atoms. The molecule has 2 rings (SSSR count). The van der Waals surface area contributed by atoms with Gasteiger partial charge in [0.2, 0.25) is 0 Å². The summed E-state index contributed by atoms with van der Waals surface area (Å²) in [6.07, 6.45) is 1.40. The van der Waals surface area contributed by atoms with Crippen molar-refractivity contribution in [3.63, 3.8) is 0 Å². The lowest BCUT2D eigenvalue weighted by Crippen LogP contribution is -2.15. The molecule has 0 spiro atoms. The zero-order chi connectivity index (χ0) is 15.6. The lowest BCUT2D eigenvalue weighted by molar-refractivity contribution is 0.402. The maximum atomic E-state index is 12.4. The highest BCUT2D eigenvalue weighted by Gasteiger charge is 2.21. The molecule has 112 valence electrons. The van der Waals surface area contributed by atoms with Crippen LogP contribution < -0.4 is 15.2 Å². The first-order valence-corrected chi connectivity index (χ1v) is 7.78. The first kappa shape index (κ1) is 15.4. The van der Waals surface area contributed by atoms with Crippen molar-refractivity contribution in [2.75, 3.05) is 17.6 Å². The Hall–Kier alpha value is -1.99. The van der Waals surface area contributed by atoms with Crippen molar-refractivity contribution in [3.05, 3.63) is 41.2 Å². The summed E-state index contributed by atoms with van der Waals surface area (Å²) in [5.41, 5.74) is 7.18. The molecule has 0 aliphatic heterocycles. The fourth-order valence-electron chi connectivity index (χ4n) is 1.72. The number of hydrogen-bond donors (Lipinski definition) is 2. The van der Waals surface area contributed by atoms with Gasteiger partial charge in [0.25, 0.3) is 10.0 Å². The third-order valence-corrected chi connectivity index (χ3v) is 4.43. The number of aromatic nitrogens is 1. The van der Waals surface area contributed by atoms with Gasteiger partial charge in [0.1, 0.15) is 15.8 Å². The molecular formula is C13H14ClN3O3S. The van der Waals surface area contributed by atoms with Gasteiger partial charge in [0, 0.05) is 11.9 Å². The zero-order valence-electron chi connectivity index (χ0n) is 11.4. The van der Waals surface area contributed by atoms with E-state index >= 15 is 0 Å². The van der Waals surface area contributed by atoms with Crippen LogP contribution in [0.3, 0.4) is 0 Å². The van der Waals surface area contributed by atoms with E-state index in [1.54, 1.807) is 13.0 Å². The Morgan fingerprint density at radius 1 is 1.33 bits per heavy atom. The van der Waals surface area contributed by atoms with Gasteiger partial charge in [-0.15, -0.1) is 0 Å². The van der Waals surface area contributed by atoms with Crippen molar-refractivity contribution in [1.29, 1.82) is 0 Å². The predicted octanol–water partition coefficient (Wildman–Crippen LogP) is 2.44. The van der Waals surface area contributed by atoms with Crippen LogP contribution in [0.4, 0.5) is 11.4 Å². The van der Waals surface area contributed by atoms with Gasteiger partial charge in [-0.3, -0.25) is 4.72 Å². The smallest absolute Gasteiger partial charge is 0.265 e. The van der Waals surface area contributed by atoms with E-state index in [4.69, 9.17) is 22.1 Å². The maximum absolute atomic E-state index is 12.4. The van der Waals surface area contributed by atoms with E-state index in [1.165, 1.54) is 31.5 Å². The molecule has 0 bridgehead atoms. The molecule has 1 heterocycles. The highest BCUT2D eigenvalue weighted by molar-refractivity contribution is 7.92. The molecule has 6 nitrogen and oxygen atoms in total. The molecule has 1 aromatic heterocycles. The Labute approximate surface area is 128 Å². The number of hydrogen-bond acceptors (Lipinski definition) is 5. The summed E-state index contributed by atoms with van der Waals surface area (Å²) in [4.78, 5) is 3.75. The maximum Gasteiger partial charge on any atom is 0.265 e. The Morgan fingerprint density at radius 3 is 2.67 bits per heavy atom. The molecule has 8 heteroatoms. The van der Waals surface area contributed by atoms with Crippen LogP contribution in [0.15, 0.2) is 35.4 Å². The van der Waals surface area contributed by atoms with Gasteiger partial charge < -0.3 is 10.5 Å². The first-order valence-electron chi connectivity index (χ1n) is 5.92. The molecule has 0 unspecified atom stereocenters. The van der Waals surface area contributed by atoms with Gasteiger partial charge in [-0.25, -0.2) is 13.4 Å². The van der Waals surface area contributed by atoms with Crippen LogP contribution in [0.1, 0.15) is 5.56 Å². The molecule has 1 aromatic carbocycles. The standard InChI is InChI=1S/C13H14ClN3O3S/c1-8-5-11(20-2)12(7-10(8)15)21(18,19)17-9-3-4-16-13(14)6-9/h3-7H,15H2,1-2H3,(H,16,17). The minimum atomic E-state index is -3.85. The summed E-state index contributed by atoms with van der Waals surface area (Å²) in [6.45, 7) is 1.77. The summed E-state index contributed by atoms with van der Waals surface area (Å²) in [5, 5.41) is 0.186. The topological polar surface area (TPSA) is 94.3 Å². The normalized spacial score (nSPS) is 11.2. The number of anilines is 2. The molecule has 2 aromatic rings. The van der Waals surface area contributed by atoms with Gasteiger partial charge in [0.05, 0.1) is 12.8 Å². The van der Waals surface area contributed by atoms with Crippen LogP contribution in [0.5, 0.6) is 5.75 Å². The van der Waals surface area contributed by atoms with Crippen LogP contribution in [0, 0.1) is 6.92 Å². The number of benzene rings is 1. The van der Waals surface area contributed by atoms with Crippen LogP contribution in [-0.4, -0.2) is 20.5 Å². The van der Waals surface area contributed by atoms with Crippen LogP contribution in [0.2, 0.25) is 5.15 Å².